The van der Waals surface area contributed by atoms with Gasteiger partial charge in [0.15, 0.2) is 0 Å². The molecule has 6 heteroatoms. The largest absolute Gasteiger partial charge is 0.462 e. The van der Waals surface area contributed by atoms with Gasteiger partial charge in [0.25, 0.3) is 6.10 Å². The molecule has 1 unspecified atom stereocenters. The maximum atomic E-state index is 10.7. The number of nitriles is 1. The number of rotatable bonds is 3. The summed E-state index contributed by atoms with van der Waals surface area (Å²) < 4.78 is 8.52. The molecule has 0 aliphatic rings. The molecule has 0 spiro atoms. The van der Waals surface area contributed by atoms with Crippen molar-refractivity contribution in [1.82, 2.24) is 0 Å². The molecule has 0 saturated heterocycles. The van der Waals surface area contributed by atoms with Crippen LogP contribution in [0.15, 0.2) is 0 Å². The molecule has 2 N–H and O–H groups in total. The van der Waals surface area contributed by atoms with Gasteiger partial charge in [-0.2, -0.15) is 5.26 Å². The number of esters is 1. The number of amides is 1. The summed E-state index contributed by atoms with van der Waals surface area (Å²) in [4.78, 5) is 20.9. The predicted molar refractivity (Wildman–Crippen MR) is 36.7 cm³/mol. The topological polar surface area (TPSA) is 102 Å². The van der Waals surface area contributed by atoms with Gasteiger partial charge in [0.05, 0.1) is 6.61 Å². The molecule has 0 aromatic heterocycles. The van der Waals surface area contributed by atoms with E-state index in [1.807, 2.05) is 0 Å². The van der Waals surface area contributed by atoms with E-state index in [4.69, 9.17) is 5.26 Å². The van der Waals surface area contributed by atoms with Crippen molar-refractivity contribution in [2.75, 3.05) is 6.61 Å². The Morgan fingerprint density at radius 2 is 2.25 bits per heavy atom. The Bertz CT molecular complexity index is 220. The molecule has 0 heterocycles. The van der Waals surface area contributed by atoms with Gasteiger partial charge in [-0.15, -0.1) is 0 Å². The summed E-state index contributed by atoms with van der Waals surface area (Å²) in [7, 11) is 0. The van der Waals surface area contributed by atoms with E-state index in [-0.39, 0.29) is 6.61 Å². The van der Waals surface area contributed by atoms with E-state index in [1.54, 1.807) is 6.92 Å². The van der Waals surface area contributed by atoms with Crippen molar-refractivity contribution in [3.8, 4) is 6.07 Å². The summed E-state index contributed by atoms with van der Waals surface area (Å²) in [6.45, 7) is 1.68. The summed E-state index contributed by atoms with van der Waals surface area (Å²) in [6.07, 6.45) is -2.75. The van der Waals surface area contributed by atoms with Gasteiger partial charge in [0.1, 0.15) is 6.07 Å². The molecule has 0 rings (SSSR count). The lowest BCUT2D eigenvalue weighted by molar-refractivity contribution is -0.149. The van der Waals surface area contributed by atoms with Gasteiger partial charge in [-0.1, -0.05) is 0 Å². The third-order valence-electron chi connectivity index (χ3n) is 0.852. The van der Waals surface area contributed by atoms with Crippen LogP contribution in [0, 0.1) is 11.3 Å². The van der Waals surface area contributed by atoms with Crippen LogP contribution in [0.1, 0.15) is 6.92 Å². The number of nitrogens with two attached hydrogens (primary N) is 1. The van der Waals surface area contributed by atoms with Crippen LogP contribution in [0.4, 0.5) is 4.79 Å². The number of nitrogens with zero attached hydrogens (tertiary/aromatic N) is 1. The van der Waals surface area contributed by atoms with Crippen LogP contribution in [0.2, 0.25) is 0 Å². The first-order chi connectivity index (χ1) is 5.61. The average molecular weight is 172 g/mol. The van der Waals surface area contributed by atoms with Crippen molar-refractivity contribution < 1.29 is 19.1 Å². The molecule has 0 fully saturated rings. The highest BCUT2D eigenvalue weighted by molar-refractivity contribution is 5.80. The molecule has 0 saturated carbocycles. The summed E-state index contributed by atoms with van der Waals surface area (Å²) >= 11 is 0. The van der Waals surface area contributed by atoms with Crippen LogP contribution in [-0.4, -0.2) is 24.8 Å². The second-order valence-electron chi connectivity index (χ2n) is 1.70. The number of ether oxygens (including phenoxy) is 2. The highest BCUT2D eigenvalue weighted by atomic mass is 16.6. The third kappa shape index (κ3) is 3.41. The maximum absolute atomic E-state index is 10.7. The molecule has 0 aromatic carbocycles. The molecule has 0 bridgehead atoms. The quantitative estimate of drug-likeness (QED) is 0.580. The van der Waals surface area contributed by atoms with Gasteiger partial charge in [0, 0.05) is 0 Å². The molecule has 1 atom stereocenters. The van der Waals surface area contributed by atoms with Crippen LogP contribution in [-0.2, 0) is 14.3 Å². The Balaban J connectivity index is 4.08. The second-order valence-corrected chi connectivity index (χ2v) is 1.70. The van der Waals surface area contributed by atoms with Crippen molar-refractivity contribution in [1.29, 1.82) is 5.26 Å². The Morgan fingerprint density at radius 1 is 1.67 bits per heavy atom. The van der Waals surface area contributed by atoms with E-state index in [9.17, 15) is 9.59 Å². The second kappa shape index (κ2) is 4.96. The molecule has 0 radical (unpaired) electrons. The lowest BCUT2D eigenvalue weighted by Gasteiger charge is -2.06. The van der Waals surface area contributed by atoms with Crippen LogP contribution >= 0.6 is 0 Å². The number of primary amides is 1. The average Bonchev–Trinajstić information content (AvgIpc) is 2.00. The van der Waals surface area contributed by atoms with E-state index in [2.05, 4.69) is 15.2 Å². The highest BCUT2D eigenvalue weighted by Crippen LogP contribution is 1.93. The fourth-order valence-corrected chi connectivity index (χ4v) is 0.461. The predicted octanol–water partition coefficient (Wildman–Crippen LogP) is -0.463. The zero-order valence-electron chi connectivity index (χ0n) is 6.44. The van der Waals surface area contributed by atoms with Crippen molar-refractivity contribution in [2.45, 2.75) is 13.0 Å². The minimum atomic E-state index is -1.57. The molecule has 6 nitrogen and oxygen atoms in total. The van der Waals surface area contributed by atoms with Crippen LogP contribution in [0.25, 0.3) is 0 Å². The first-order valence-corrected chi connectivity index (χ1v) is 3.14. The zero-order chi connectivity index (χ0) is 9.56. The summed E-state index contributed by atoms with van der Waals surface area (Å²) in [5, 5.41) is 8.29. The third-order valence-corrected chi connectivity index (χ3v) is 0.852. The Labute approximate surface area is 68.8 Å². The lowest BCUT2D eigenvalue weighted by atomic mass is 10.4. The summed E-state index contributed by atoms with van der Waals surface area (Å²) in [5.41, 5.74) is 4.58. The fraction of sp³-hybridized carbons (Fsp3) is 0.500. The van der Waals surface area contributed by atoms with Crippen molar-refractivity contribution >= 4 is 12.1 Å². The molecule has 12 heavy (non-hydrogen) atoms. The first kappa shape index (κ1) is 10.2. The standard InChI is InChI=1S/C6H8N2O4/c1-2-11-5(9)4(3-7)12-6(8)10/h4H,2H2,1H3,(H2,8,10). The minimum absolute atomic E-state index is 0.110. The maximum Gasteiger partial charge on any atom is 0.406 e. The van der Waals surface area contributed by atoms with Crippen molar-refractivity contribution in [2.24, 2.45) is 5.73 Å². The minimum Gasteiger partial charge on any atom is -0.462 e. The molecular weight excluding hydrogens is 164 g/mol. The normalized spacial score (nSPS) is 11.0. The summed E-state index contributed by atoms with van der Waals surface area (Å²) in [6, 6.07) is 1.42. The molecule has 1 amide bonds. The smallest absolute Gasteiger partial charge is 0.406 e. The molecule has 0 aliphatic carbocycles. The van der Waals surface area contributed by atoms with Crippen LogP contribution in [0.5, 0.6) is 0 Å². The summed E-state index contributed by atoms with van der Waals surface area (Å²) in [5.74, 6) is -0.918. The Kier molecular flexibility index (Phi) is 4.23. The van der Waals surface area contributed by atoms with Gasteiger partial charge in [-0.25, -0.2) is 9.59 Å². The SMILES string of the molecule is CCOC(=O)C(C#N)OC(N)=O. The molecule has 0 aliphatic heterocycles. The van der Waals surface area contributed by atoms with Crippen LogP contribution in [0.3, 0.4) is 0 Å². The van der Waals surface area contributed by atoms with Crippen molar-refractivity contribution in [3.63, 3.8) is 0 Å². The number of carbonyl (C=O) groups excluding carboxylic acids is 2. The van der Waals surface area contributed by atoms with Gasteiger partial charge < -0.3 is 15.2 Å². The zero-order valence-corrected chi connectivity index (χ0v) is 6.44. The van der Waals surface area contributed by atoms with Crippen LogP contribution < -0.4 is 5.73 Å². The van der Waals surface area contributed by atoms with Gasteiger partial charge >= 0.3 is 12.1 Å². The van der Waals surface area contributed by atoms with Gasteiger partial charge in [-0.05, 0) is 6.92 Å². The number of hydrogen-bond acceptors (Lipinski definition) is 5. The van der Waals surface area contributed by atoms with Gasteiger partial charge in [0.2, 0.25) is 0 Å². The molecule has 0 aromatic rings. The van der Waals surface area contributed by atoms with E-state index in [1.165, 1.54) is 6.07 Å². The Hall–Kier alpha value is -1.77. The van der Waals surface area contributed by atoms with E-state index in [0.717, 1.165) is 0 Å². The van der Waals surface area contributed by atoms with E-state index >= 15 is 0 Å². The monoisotopic (exact) mass is 172 g/mol. The first-order valence-electron chi connectivity index (χ1n) is 3.14. The molecule has 66 valence electrons. The number of hydrogen-bond donors (Lipinski definition) is 1. The Morgan fingerprint density at radius 3 is 2.58 bits per heavy atom. The van der Waals surface area contributed by atoms with E-state index < -0.39 is 18.2 Å². The molecular formula is C6H8N2O4. The highest BCUT2D eigenvalue weighted by Gasteiger charge is 2.22. The van der Waals surface area contributed by atoms with Crippen molar-refractivity contribution in [3.05, 3.63) is 0 Å². The fourth-order valence-electron chi connectivity index (χ4n) is 0.461. The lowest BCUT2D eigenvalue weighted by Crippen LogP contribution is -2.30. The van der Waals surface area contributed by atoms with Gasteiger partial charge in [-0.3, -0.25) is 0 Å². The van der Waals surface area contributed by atoms with E-state index in [0.29, 0.717) is 0 Å². The number of carbonyl (C=O) groups is 2.